The number of ether oxygens (including phenoxy) is 1. The molecule has 9 nitrogen and oxygen atoms in total. The molecule has 5 rings (SSSR count). The maximum atomic E-state index is 12.7. The van der Waals surface area contributed by atoms with Crippen molar-refractivity contribution in [2.45, 2.75) is 38.8 Å². The minimum absolute atomic E-state index is 0.0293. The average Bonchev–Trinajstić information content (AvgIpc) is 3.45. The van der Waals surface area contributed by atoms with E-state index in [0.717, 1.165) is 17.5 Å². The standard InChI is InChI=1S/C20H20N6O3/c1-12-3-5-14(6-4-12)16-7-15(10-28-16)19-23-17(29-24-19)9-25-11-22-26-18(20(25)27)13(2)8-21-26/h3-6,8,11,15-16H,7,9-10H2,1-2H3/t15-,16+/m0/s1. The van der Waals surface area contributed by atoms with E-state index in [9.17, 15) is 4.79 Å². The molecule has 0 N–H and O–H groups in total. The molecule has 1 aromatic carbocycles. The summed E-state index contributed by atoms with van der Waals surface area (Å²) in [6.07, 6.45) is 3.87. The van der Waals surface area contributed by atoms with Crippen molar-refractivity contribution < 1.29 is 9.26 Å². The van der Waals surface area contributed by atoms with Crippen LogP contribution in [0.15, 0.2) is 46.1 Å². The summed E-state index contributed by atoms with van der Waals surface area (Å²) in [6, 6.07) is 8.36. The Morgan fingerprint density at radius 3 is 2.83 bits per heavy atom. The summed E-state index contributed by atoms with van der Waals surface area (Å²) in [7, 11) is 0. The van der Waals surface area contributed by atoms with Crippen molar-refractivity contribution in [1.82, 2.24) is 29.5 Å². The molecule has 1 saturated heterocycles. The molecule has 2 atom stereocenters. The van der Waals surface area contributed by atoms with Crippen LogP contribution in [0.25, 0.3) is 5.52 Å². The maximum Gasteiger partial charge on any atom is 0.280 e. The van der Waals surface area contributed by atoms with Gasteiger partial charge in [-0.3, -0.25) is 9.36 Å². The lowest BCUT2D eigenvalue weighted by Crippen LogP contribution is -2.24. The minimum atomic E-state index is -0.196. The van der Waals surface area contributed by atoms with Gasteiger partial charge in [-0.1, -0.05) is 35.0 Å². The number of fused-ring (bicyclic) bond motifs is 1. The molecule has 4 aromatic rings. The first kappa shape index (κ1) is 17.7. The Hall–Kier alpha value is -3.33. The Balaban J connectivity index is 1.32. The van der Waals surface area contributed by atoms with Crippen LogP contribution in [0, 0.1) is 13.8 Å². The number of hydrogen-bond donors (Lipinski definition) is 0. The van der Waals surface area contributed by atoms with Crippen molar-refractivity contribution in [1.29, 1.82) is 0 Å². The molecule has 29 heavy (non-hydrogen) atoms. The second-order valence-electron chi connectivity index (χ2n) is 7.44. The fraction of sp³-hybridized carbons (Fsp3) is 0.350. The Kier molecular flexibility index (Phi) is 4.24. The van der Waals surface area contributed by atoms with Crippen LogP contribution in [-0.4, -0.2) is 36.1 Å². The summed E-state index contributed by atoms with van der Waals surface area (Å²) >= 11 is 0. The van der Waals surface area contributed by atoms with Crippen molar-refractivity contribution in [2.24, 2.45) is 0 Å². The maximum absolute atomic E-state index is 12.7. The molecule has 1 fully saturated rings. The Bertz CT molecular complexity index is 1220. The third-order valence-corrected chi connectivity index (χ3v) is 5.30. The first-order valence-electron chi connectivity index (χ1n) is 9.49. The fourth-order valence-electron chi connectivity index (χ4n) is 3.64. The van der Waals surface area contributed by atoms with E-state index in [1.807, 2.05) is 6.92 Å². The average molecular weight is 392 g/mol. The van der Waals surface area contributed by atoms with Crippen molar-refractivity contribution in [2.75, 3.05) is 6.61 Å². The van der Waals surface area contributed by atoms with Gasteiger partial charge in [-0.25, -0.2) is 0 Å². The highest BCUT2D eigenvalue weighted by Gasteiger charge is 2.31. The van der Waals surface area contributed by atoms with Gasteiger partial charge in [0.25, 0.3) is 5.56 Å². The van der Waals surface area contributed by atoms with Gasteiger partial charge in [0.15, 0.2) is 11.3 Å². The quantitative estimate of drug-likeness (QED) is 0.525. The molecule has 0 aliphatic carbocycles. The molecule has 9 heteroatoms. The van der Waals surface area contributed by atoms with Crippen molar-refractivity contribution in [3.63, 3.8) is 0 Å². The van der Waals surface area contributed by atoms with Crippen LogP contribution in [0.5, 0.6) is 0 Å². The van der Waals surface area contributed by atoms with Gasteiger partial charge >= 0.3 is 0 Å². The van der Waals surface area contributed by atoms with Crippen LogP contribution in [0.2, 0.25) is 0 Å². The Morgan fingerprint density at radius 2 is 2.00 bits per heavy atom. The molecular weight excluding hydrogens is 372 g/mol. The first-order chi connectivity index (χ1) is 14.1. The molecule has 3 aromatic heterocycles. The molecule has 0 unspecified atom stereocenters. The number of benzene rings is 1. The van der Waals surface area contributed by atoms with E-state index >= 15 is 0 Å². The molecule has 1 aliphatic rings. The second kappa shape index (κ2) is 6.93. The summed E-state index contributed by atoms with van der Waals surface area (Å²) in [5.41, 5.74) is 3.40. The number of nitrogens with zero attached hydrogens (tertiary/aromatic N) is 6. The van der Waals surface area contributed by atoms with Gasteiger partial charge in [0.1, 0.15) is 12.9 Å². The number of hydrogen-bond acceptors (Lipinski definition) is 7. The van der Waals surface area contributed by atoms with E-state index in [1.165, 1.54) is 21.1 Å². The fourth-order valence-corrected chi connectivity index (χ4v) is 3.64. The van der Waals surface area contributed by atoms with E-state index in [1.54, 1.807) is 6.20 Å². The van der Waals surface area contributed by atoms with Gasteiger partial charge in [0.2, 0.25) is 5.89 Å². The van der Waals surface area contributed by atoms with E-state index in [0.29, 0.717) is 23.8 Å². The summed E-state index contributed by atoms with van der Waals surface area (Å²) in [4.78, 5) is 17.1. The van der Waals surface area contributed by atoms with Crippen LogP contribution < -0.4 is 5.56 Å². The molecule has 0 amide bonds. The van der Waals surface area contributed by atoms with Gasteiger partial charge < -0.3 is 9.26 Å². The van der Waals surface area contributed by atoms with Gasteiger partial charge in [-0.05, 0) is 25.8 Å². The number of aromatic nitrogens is 6. The zero-order valence-electron chi connectivity index (χ0n) is 16.1. The van der Waals surface area contributed by atoms with Gasteiger partial charge in [-0.2, -0.15) is 10.1 Å². The van der Waals surface area contributed by atoms with Gasteiger partial charge in [0, 0.05) is 11.5 Å². The van der Waals surface area contributed by atoms with Crippen molar-refractivity contribution in [3.05, 3.63) is 75.5 Å². The van der Waals surface area contributed by atoms with Crippen LogP contribution in [-0.2, 0) is 11.3 Å². The Labute approximate surface area is 165 Å². The molecule has 0 spiro atoms. The third kappa shape index (κ3) is 3.23. The largest absolute Gasteiger partial charge is 0.373 e. The lowest BCUT2D eigenvalue weighted by molar-refractivity contribution is 0.110. The van der Waals surface area contributed by atoms with E-state index in [2.05, 4.69) is 51.5 Å². The van der Waals surface area contributed by atoms with Crippen LogP contribution in [0.3, 0.4) is 0 Å². The predicted molar refractivity (Wildman–Crippen MR) is 103 cm³/mol. The van der Waals surface area contributed by atoms with E-state index in [4.69, 9.17) is 9.26 Å². The molecule has 0 saturated carbocycles. The zero-order valence-corrected chi connectivity index (χ0v) is 16.1. The molecule has 4 heterocycles. The third-order valence-electron chi connectivity index (χ3n) is 5.30. The molecule has 0 bridgehead atoms. The summed E-state index contributed by atoms with van der Waals surface area (Å²) < 4.78 is 14.1. The lowest BCUT2D eigenvalue weighted by Gasteiger charge is -2.09. The monoisotopic (exact) mass is 392 g/mol. The van der Waals surface area contributed by atoms with Crippen LogP contribution in [0.1, 0.15) is 46.8 Å². The van der Waals surface area contributed by atoms with Gasteiger partial charge in [0.05, 0.1) is 18.9 Å². The second-order valence-corrected chi connectivity index (χ2v) is 7.44. The number of aryl methyl sites for hydroxylation is 2. The summed E-state index contributed by atoms with van der Waals surface area (Å²) in [5.74, 6) is 1.04. The van der Waals surface area contributed by atoms with Gasteiger partial charge in [-0.15, -0.1) is 9.73 Å². The highest BCUT2D eigenvalue weighted by Crippen LogP contribution is 2.37. The molecular formula is C20H20N6O3. The van der Waals surface area contributed by atoms with Crippen LogP contribution >= 0.6 is 0 Å². The minimum Gasteiger partial charge on any atom is -0.373 e. The van der Waals surface area contributed by atoms with Crippen molar-refractivity contribution >= 4 is 5.52 Å². The Morgan fingerprint density at radius 1 is 1.17 bits per heavy atom. The highest BCUT2D eigenvalue weighted by molar-refractivity contribution is 5.49. The van der Waals surface area contributed by atoms with E-state index < -0.39 is 0 Å². The normalized spacial score (nSPS) is 19.2. The molecule has 1 aliphatic heterocycles. The van der Waals surface area contributed by atoms with Crippen molar-refractivity contribution in [3.8, 4) is 0 Å². The molecule has 148 valence electrons. The number of rotatable bonds is 4. The van der Waals surface area contributed by atoms with E-state index in [-0.39, 0.29) is 24.1 Å². The highest BCUT2D eigenvalue weighted by atomic mass is 16.5. The topological polar surface area (TPSA) is 100 Å². The first-order valence-corrected chi connectivity index (χ1v) is 9.49. The lowest BCUT2D eigenvalue weighted by atomic mass is 9.99. The summed E-state index contributed by atoms with van der Waals surface area (Å²) in [6.45, 7) is 4.59. The zero-order chi connectivity index (χ0) is 20.0. The SMILES string of the molecule is Cc1ccc([C@H]2C[C@H](c3noc(Cn4cnn5ncc(C)c5c4=O)n3)CO2)cc1. The predicted octanol–water partition coefficient (Wildman–Crippen LogP) is 2.18. The summed E-state index contributed by atoms with van der Waals surface area (Å²) in [5, 5.41) is 12.3. The molecule has 0 radical (unpaired) electrons. The smallest absolute Gasteiger partial charge is 0.280 e. The van der Waals surface area contributed by atoms with Crippen LogP contribution in [0.4, 0.5) is 0 Å².